The van der Waals surface area contributed by atoms with Gasteiger partial charge in [0.2, 0.25) is 5.91 Å². The Hall–Kier alpha value is -3.22. The quantitative estimate of drug-likeness (QED) is 0.629. The number of halogens is 2. The molecule has 2 aliphatic heterocycles. The van der Waals surface area contributed by atoms with Gasteiger partial charge in [-0.2, -0.15) is 0 Å². The molecular formula is C27H29F2N3O2. The number of urea groups is 1. The van der Waals surface area contributed by atoms with E-state index in [4.69, 9.17) is 0 Å². The normalized spacial score (nSPS) is 18.1. The van der Waals surface area contributed by atoms with Crippen molar-refractivity contribution in [2.24, 2.45) is 5.92 Å². The Bertz CT molecular complexity index is 1120. The van der Waals surface area contributed by atoms with Crippen LogP contribution in [0, 0.1) is 17.6 Å². The van der Waals surface area contributed by atoms with Gasteiger partial charge in [0.05, 0.1) is 6.54 Å². The van der Waals surface area contributed by atoms with E-state index in [0.717, 1.165) is 24.6 Å². The number of benzene rings is 2. The van der Waals surface area contributed by atoms with Crippen LogP contribution < -0.4 is 5.32 Å². The van der Waals surface area contributed by atoms with Crippen LogP contribution >= 0.6 is 0 Å². The molecule has 3 amide bonds. The van der Waals surface area contributed by atoms with Crippen molar-refractivity contribution in [2.75, 3.05) is 18.4 Å². The number of anilines is 1. The largest absolute Gasteiger partial charge is 0.339 e. The Kier molecular flexibility index (Phi) is 6.35. The molecule has 1 N–H and O–H groups in total. The van der Waals surface area contributed by atoms with Crippen LogP contribution in [0.2, 0.25) is 0 Å². The minimum atomic E-state index is -0.632. The van der Waals surface area contributed by atoms with Crippen LogP contribution in [0.5, 0.6) is 0 Å². The van der Waals surface area contributed by atoms with E-state index in [9.17, 15) is 18.4 Å². The standard InChI is InChI=1S/C27H29F2N3O2/c28-22-14-21-16-32(17-24(21)25(29)15-22)27(34)30-23-7-5-19(6-8-23)20-9-11-31(12-10-20)26(33)13-18-3-1-2-4-18/h5-9,14-15,18H,1-4,10-13,16-17H2,(H,30,34). The van der Waals surface area contributed by atoms with Gasteiger partial charge in [-0.1, -0.05) is 31.1 Å². The summed E-state index contributed by atoms with van der Waals surface area (Å²) in [6.45, 7) is 1.68. The smallest absolute Gasteiger partial charge is 0.322 e. The first kappa shape index (κ1) is 22.6. The first-order chi connectivity index (χ1) is 16.5. The molecule has 2 heterocycles. The van der Waals surface area contributed by atoms with Gasteiger partial charge in [-0.3, -0.25) is 4.79 Å². The molecule has 0 aromatic heterocycles. The van der Waals surface area contributed by atoms with Gasteiger partial charge in [0.1, 0.15) is 11.6 Å². The van der Waals surface area contributed by atoms with E-state index in [2.05, 4.69) is 11.4 Å². The molecule has 3 aliphatic rings. The lowest BCUT2D eigenvalue weighted by molar-refractivity contribution is -0.131. The Morgan fingerprint density at radius 3 is 2.47 bits per heavy atom. The number of nitrogens with one attached hydrogen (secondary N) is 1. The fraction of sp³-hybridized carbons (Fsp3) is 0.407. The Labute approximate surface area is 198 Å². The second kappa shape index (κ2) is 9.57. The summed E-state index contributed by atoms with van der Waals surface area (Å²) >= 11 is 0. The molecule has 5 rings (SSSR count). The van der Waals surface area contributed by atoms with Crippen LogP contribution in [0.4, 0.5) is 19.3 Å². The van der Waals surface area contributed by atoms with Crippen molar-refractivity contribution in [1.82, 2.24) is 9.80 Å². The van der Waals surface area contributed by atoms with Gasteiger partial charge in [0, 0.05) is 43.4 Å². The van der Waals surface area contributed by atoms with Crippen LogP contribution in [-0.4, -0.2) is 34.8 Å². The van der Waals surface area contributed by atoms with E-state index in [0.29, 0.717) is 35.7 Å². The number of rotatable bonds is 4. The monoisotopic (exact) mass is 465 g/mol. The lowest BCUT2D eigenvalue weighted by Crippen LogP contribution is -2.35. The van der Waals surface area contributed by atoms with Crippen LogP contribution in [0.25, 0.3) is 5.57 Å². The van der Waals surface area contributed by atoms with Gasteiger partial charge in [-0.05, 0) is 60.1 Å². The highest BCUT2D eigenvalue weighted by Gasteiger charge is 2.27. The topological polar surface area (TPSA) is 52.7 Å². The van der Waals surface area contributed by atoms with Crippen molar-refractivity contribution in [2.45, 2.75) is 51.6 Å². The van der Waals surface area contributed by atoms with Gasteiger partial charge < -0.3 is 15.1 Å². The van der Waals surface area contributed by atoms with E-state index in [-0.39, 0.29) is 25.0 Å². The molecule has 0 radical (unpaired) electrons. The maximum absolute atomic E-state index is 14.0. The first-order valence-corrected chi connectivity index (χ1v) is 12.1. The first-order valence-electron chi connectivity index (χ1n) is 12.1. The third-order valence-electron chi connectivity index (χ3n) is 7.26. The number of nitrogens with zero attached hydrogens (tertiary/aromatic N) is 2. The maximum Gasteiger partial charge on any atom is 0.322 e. The molecule has 1 aliphatic carbocycles. The lowest BCUT2D eigenvalue weighted by Gasteiger charge is -2.28. The molecule has 1 fully saturated rings. The van der Waals surface area contributed by atoms with Gasteiger partial charge in [0.25, 0.3) is 0 Å². The molecule has 0 saturated heterocycles. The molecule has 2 aromatic rings. The second-order valence-electron chi connectivity index (χ2n) is 9.56. The van der Waals surface area contributed by atoms with Crippen molar-refractivity contribution in [3.05, 3.63) is 70.8 Å². The molecule has 5 nitrogen and oxygen atoms in total. The van der Waals surface area contributed by atoms with Crippen molar-refractivity contribution >= 4 is 23.2 Å². The van der Waals surface area contributed by atoms with Crippen LogP contribution in [0.3, 0.4) is 0 Å². The molecule has 34 heavy (non-hydrogen) atoms. The van der Waals surface area contributed by atoms with E-state index < -0.39 is 11.6 Å². The van der Waals surface area contributed by atoms with E-state index in [1.165, 1.54) is 42.2 Å². The summed E-state index contributed by atoms with van der Waals surface area (Å²) in [5, 5.41) is 2.84. The SMILES string of the molecule is O=C(CC1CCCC1)N1CC=C(c2ccc(NC(=O)N3Cc4cc(F)cc(F)c4C3)cc2)CC1. The van der Waals surface area contributed by atoms with Crippen LogP contribution in [0.15, 0.2) is 42.5 Å². The Morgan fingerprint density at radius 2 is 1.76 bits per heavy atom. The molecule has 0 bridgehead atoms. The maximum atomic E-state index is 14.0. The highest BCUT2D eigenvalue weighted by molar-refractivity contribution is 5.90. The molecule has 7 heteroatoms. The van der Waals surface area contributed by atoms with Crippen molar-refractivity contribution < 1.29 is 18.4 Å². The number of amides is 3. The summed E-state index contributed by atoms with van der Waals surface area (Å²) in [5.41, 5.74) is 3.79. The zero-order valence-corrected chi connectivity index (χ0v) is 19.2. The fourth-order valence-electron chi connectivity index (χ4n) is 5.29. The Balaban J connectivity index is 1.15. The highest BCUT2D eigenvalue weighted by Crippen LogP contribution is 2.30. The van der Waals surface area contributed by atoms with Crippen molar-refractivity contribution in [3.63, 3.8) is 0 Å². The van der Waals surface area contributed by atoms with Gasteiger partial charge in [0.15, 0.2) is 0 Å². The summed E-state index contributed by atoms with van der Waals surface area (Å²) in [5.74, 6) is -0.413. The predicted octanol–water partition coefficient (Wildman–Crippen LogP) is 5.71. The molecule has 0 atom stereocenters. The van der Waals surface area contributed by atoms with Crippen molar-refractivity contribution in [3.8, 4) is 0 Å². The van der Waals surface area contributed by atoms with Gasteiger partial charge in [-0.15, -0.1) is 0 Å². The summed E-state index contributed by atoms with van der Waals surface area (Å²) in [7, 11) is 0. The summed E-state index contributed by atoms with van der Waals surface area (Å²) in [6.07, 6.45) is 8.50. The molecule has 0 unspecified atom stereocenters. The molecular weight excluding hydrogens is 436 g/mol. The predicted molar refractivity (Wildman–Crippen MR) is 127 cm³/mol. The number of hydrogen-bond donors (Lipinski definition) is 1. The second-order valence-corrected chi connectivity index (χ2v) is 9.56. The van der Waals surface area contributed by atoms with E-state index in [1.54, 1.807) is 0 Å². The van der Waals surface area contributed by atoms with Crippen molar-refractivity contribution in [1.29, 1.82) is 0 Å². The lowest BCUT2D eigenvalue weighted by atomic mass is 9.98. The minimum absolute atomic E-state index is 0.119. The van der Waals surface area contributed by atoms with Gasteiger partial charge in [-0.25, -0.2) is 13.6 Å². The zero-order chi connectivity index (χ0) is 23.7. The number of carbonyl (C=O) groups excluding carboxylic acids is 2. The summed E-state index contributed by atoms with van der Waals surface area (Å²) in [6, 6.07) is 9.39. The zero-order valence-electron chi connectivity index (χ0n) is 19.2. The Morgan fingerprint density at radius 1 is 1.00 bits per heavy atom. The minimum Gasteiger partial charge on any atom is -0.339 e. The highest BCUT2D eigenvalue weighted by atomic mass is 19.1. The fourth-order valence-corrected chi connectivity index (χ4v) is 5.29. The van der Waals surface area contributed by atoms with Crippen LogP contribution in [-0.2, 0) is 17.9 Å². The third-order valence-corrected chi connectivity index (χ3v) is 7.26. The summed E-state index contributed by atoms with van der Waals surface area (Å²) < 4.78 is 27.4. The third kappa shape index (κ3) is 4.83. The van der Waals surface area contributed by atoms with Crippen LogP contribution in [0.1, 0.15) is 55.2 Å². The summed E-state index contributed by atoms with van der Waals surface area (Å²) in [4.78, 5) is 28.6. The number of fused-ring (bicyclic) bond motifs is 1. The molecule has 1 saturated carbocycles. The molecule has 0 spiro atoms. The number of carbonyl (C=O) groups is 2. The average molecular weight is 466 g/mol. The van der Waals surface area contributed by atoms with Gasteiger partial charge >= 0.3 is 6.03 Å². The molecule has 2 aromatic carbocycles. The number of hydrogen-bond acceptors (Lipinski definition) is 2. The average Bonchev–Trinajstić information content (AvgIpc) is 3.50. The molecule has 178 valence electrons. The van der Waals surface area contributed by atoms with E-state index in [1.807, 2.05) is 29.2 Å². The van der Waals surface area contributed by atoms with E-state index >= 15 is 0 Å².